The molecule has 32 heavy (non-hydrogen) atoms. The van der Waals surface area contributed by atoms with Gasteiger partial charge >= 0.3 is 0 Å². The van der Waals surface area contributed by atoms with Gasteiger partial charge in [-0.2, -0.15) is 0 Å². The number of methoxy groups -OCH3 is 2. The van der Waals surface area contributed by atoms with Crippen LogP contribution in [0.15, 0.2) is 59.4 Å². The second kappa shape index (κ2) is 9.26. The van der Waals surface area contributed by atoms with E-state index < -0.39 is 0 Å². The Labute approximate surface area is 187 Å². The number of hydrogen-bond donors (Lipinski definition) is 1. The third kappa shape index (κ3) is 4.66. The monoisotopic (exact) mass is 433 g/mol. The van der Waals surface area contributed by atoms with Gasteiger partial charge in [-0.3, -0.25) is 9.59 Å². The molecule has 2 heterocycles. The zero-order chi connectivity index (χ0) is 22.7. The van der Waals surface area contributed by atoms with Crippen LogP contribution in [0.1, 0.15) is 34.5 Å². The molecule has 1 saturated heterocycles. The van der Waals surface area contributed by atoms with Gasteiger partial charge in [0.2, 0.25) is 5.91 Å². The molecular weight excluding hydrogens is 406 g/mol. The van der Waals surface area contributed by atoms with Gasteiger partial charge in [0.1, 0.15) is 17.3 Å². The molecule has 1 N–H and O–H groups in total. The van der Waals surface area contributed by atoms with Crippen molar-refractivity contribution >= 4 is 5.91 Å². The second-order valence-corrected chi connectivity index (χ2v) is 8.07. The van der Waals surface area contributed by atoms with Crippen LogP contribution in [0, 0.1) is 6.92 Å². The van der Waals surface area contributed by atoms with Gasteiger partial charge in [0.25, 0.3) is 5.56 Å². The van der Waals surface area contributed by atoms with Gasteiger partial charge in [-0.15, -0.1) is 0 Å². The average molecular weight is 434 g/mol. The Kier molecular flexibility index (Phi) is 6.25. The third-order valence-electron chi connectivity index (χ3n) is 5.97. The lowest BCUT2D eigenvalue weighted by atomic mass is 9.86. The summed E-state index contributed by atoms with van der Waals surface area (Å²) in [6.45, 7) is 2.84. The topological polar surface area (TPSA) is 84.5 Å². The van der Waals surface area contributed by atoms with Gasteiger partial charge in [-0.1, -0.05) is 24.3 Å². The molecule has 0 bridgehead atoms. The first-order valence-electron chi connectivity index (χ1n) is 10.6. The first-order chi connectivity index (χ1) is 15.5. The molecule has 0 saturated carbocycles. The van der Waals surface area contributed by atoms with Gasteiger partial charge in [0.05, 0.1) is 26.3 Å². The van der Waals surface area contributed by atoms with E-state index in [1.54, 1.807) is 27.2 Å². The van der Waals surface area contributed by atoms with Crippen LogP contribution in [0.2, 0.25) is 0 Å². The summed E-state index contributed by atoms with van der Waals surface area (Å²) in [6, 6.07) is 17.0. The zero-order valence-electron chi connectivity index (χ0n) is 18.5. The minimum atomic E-state index is -0.179. The van der Waals surface area contributed by atoms with E-state index in [1.165, 1.54) is 0 Å². The molecule has 7 heteroatoms. The van der Waals surface area contributed by atoms with Crippen molar-refractivity contribution in [2.75, 3.05) is 27.3 Å². The number of aromatic nitrogens is 2. The summed E-state index contributed by atoms with van der Waals surface area (Å²) >= 11 is 0. The molecule has 1 aromatic heterocycles. The fourth-order valence-corrected chi connectivity index (χ4v) is 4.36. The molecule has 0 unspecified atom stereocenters. The normalized spacial score (nSPS) is 17.9. The fraction of sp³-hybridized carbons (Fsp3) is 0.320. The standard InChI is InChI=1S/C25H27N3O4/c1-16-26-23(13-24(29)27-16)22-15-28(14-21(22)18-7-9-19(31-2)10-8-18)25(30)12-17-5-4-6-20(11-17)32-3/h4-11,13,21-22H,12,14-15H2,1-3H3,(H,26,27,29)/t21-,22+/m0/s1. The van der Waals surface area contributed by atoms with E-state index in [0.717, 1.165) is 22.6 Å². The average Bonchev–Trinajstić information content (AvgIpc) is 3.24. The Hall–Kier alpha value is -3.61. The van der Waals surface area contributed by atoms with Crippen LogP contribution < -0.4 is 15.0 Å². The van der Waals surface area contributed by atoms with Gasteiger partial charge in [0, 0.05) is 31.0 Å². The van der Waals surface area contributed by atoms with Crippen molar-refractivity contribution in [3.05, 3.63) is 87.6 Å². The number of rotatable bonds is 6. The third-order valence-corrected chi connectivity index (χ3v) is 5.97. The van der Waals surface area contributed by atoms with E-state index in [0.29, 0.717) is 31.0 Å². The maximum absolute atomic E-state index is 13.2. The number of H-pyrrole nitrogens is 1. The van der Waals surface area contributed by atoms with Crippen molar-refractivity contribution in [1.29, 1.82) is 0 Å². The van der Waals surface area contributed by atoms with Crippen molar-refractivity contribution in [3.8, 4) is 11.5 Å². The SMILES string of the molecule is COc1ccc([C@@H]2CN(C(=O)Cc3cccc(OC)c3)C[C@H]2c2cc(=O)[nH]c(C)n2)cc1. The maximum Gasteiger partial charge on any atom is 0.251 e. The van der Waals surface area contributed by atoms with Gasteiger partial charge in [-0.25, -0.2) is 4.98 Å². The van der Waals surface area contributed by atoms with Gasteiger partial charge < -0.3 is 19.4 Å². The Bertz CT molecular complexity index is 1160. The lowest BCUT2D eigenvalue weighted by molar-refractivity contribution is -0.129. The van der Waals surface area contributed by atoms with Crippen LogP contribution in [0.5, 0.6) is 11.5 Å². The number of likely N-dealkylation sites (tertiary alicyclic amines) is 1. The molecule has 4 rings (SSSR count). The van der Waals surface area contributed by atoms with Crippen LogP contribution in [0.3, 0.4) is 0 Å². The highest BCUT2D eigenvalue weighted by Crippen LogP contribution is 2.39. The number of benzene rings is 2. The Morgan fingerprint density at radius 3 is 2.44 bits per heavy atom. The molecule has 0 spiro atoms. The Morgan fingerprint density at radius 2 is 1.75 bits per heavy atom. The summed E-state index contributed by atoms with van der Waals surface area (Å²) in [5.74, 6) is 2.08. The van der Waals surface area contributed by atoms with Crippen LogP contribution in [-0.4, -0.2) is 48.1 Å². The number of carbonyl (C=O) groups is 1. The van der Waals surface area contributed by atoms with Crippen molar-refractivity contribution < 1.29 is 14.3 Å². The predicted molar refractivity (Wildman–Crippen MR) is 121 cm³/mol. The van der Waals surface area contributed by atoms with Gasteiger partial charge in [0.15, 0.2) is 0 Å². The van der Waals surface area contributed by atoms with E-state index in [1.807, 2.05) is 53.4 Å². The predicted octanol–water partition coefficient (Wildman–Crippen LogP) is 3.05. The highest BCUT2D eigenvalue weighted by Gasteiger charge is 2.38. The second-order valence-electron chi connectivity index (χ2n) is 8.07. The molecule has 1 amide bonds. The van der Waals surface area contributed by atoms with Crippen molar-refractivity contribution in [1.82, 2.24) is 14.9 Å². The molecule has 1 fully saturated rings. The summed E-state index contributed by atoms with van der Waals surface area (Å²) in [5.41, 5.74) is 2.53. The minimum absolute atomic E-state index is 0.0314. The smallest absolute Gasteiger partial charge is 0.251 e. The number of hydrogen-bond acceptors (Lipinski definition) is 5. The van der Waals surface area contributed by atoms with Crippen molar-refractivity contribution in [2.45, 2.75) is 25.2 Å². The molecule has 2 aromatic carbocycles. The van der Waals surface area contributed by atoms with E-state index in [2.05, 4.69) is 9.97 Å². The maximum atomic E-state index is 13.2. The molecule has 2 atom stereocenters. The minimum Gasteiger partial charge on any atom is -0.497 e. The molecule has 166 valence electrons. The highest BCUT2D eigenvalue weighted by atomic mass is 16.5. The van der Waals surface area contributed by atoms with Gasteiger partial charge in [-0.05, 0) is 42.3 Å². The Morgan fingerprint density at radius 1 is 1.03 bits per heavy atom. The summed E-state index contributed by atoms with van der Waals surface area (Å²) < 4.78 is 10.6. The number of aromatic amines is 1. The summed E-state index contributed by atoms with van der Waals surface area (Å²) in [7, 11) is 3.25. The molecule has 7 nitrogen and oxygen atoms in total. The summed E-state index contributed by atoms with van der Waals surface area (Å²) in [4.78, 5) is 34.5. The fourth-order valence-electron chi connectivity index (χ4n) is 4.36. The largest absolute Gasteiger partial charge is 0.497 e. The summed E-state index contributed by atoms with van der Waals surface area (Å²) in [5, 5.41) is 0. The number of amides is 1. The Balaban J connectivity index is 1.62. The molecule has 3 aromatic rings. The van der Waals surface area contributed by atoms with Crippen molar-refractivity contribution in [2.24, 2.45) is 0 Å². The van der Waals surface area contributed by atoms with Crippen LogP contribution in [0.4, 0.5) is 0 Å². The molecule has 0 aliphatic carbocycles. The lowest BCUT2D eigenvalue weighted by Crippen LogP contribution is -2.30. The number of aryl methyl sites for hydroxylation is 1. The lowest BCUT2D eigenvalue weighted by Gasteiger charge is -2.18. The first kappa shape index (κ1) is 21.6. The molecule has 1 aliphatic rings. The number of nitrogens with one attached hydrogen (secondary N) is 1. The van der Waals surface area contributed by atoms with E-state index in [9.17, 15) is 9.59 Å². The van der Waals surface area contributed by atoms with Crippen LogP contribution >= 0.6 is 0 Å². The zero-order valence-corrected chi connectivity index (χ0v) is 18.5. The molecular formula is C25H27N3O4. The quantitative estimate of drug-likeness (QED) is 0.646. The van der Waals surface area contributed by atoms with E-state index in [-0.39, 0.29) is 23.3 Å². The van der Waals surface area contributed by atoms with E-state index >= 15 is 0 Å². The summed E-state index contributed by atoms with van der Waals surface area (Å²) in [6.07, 6.45) is 0.293. The number of carbonyl (C=O) groups excluding carboxylic acids is 1. The van der Waals surface area contributed by atoms with E-state index in [4.69, 9.17) is 9.47 Å². The van der Waals surface area contributed by atoms with Crippen LogP contribution in [-0.2, 0) is 11.2 Å². The first-order valence-corrected chi connectivity index (χ1v) is 10.6. The van der Waals surface area contributed by atoms with Crippen molar-refractivity contribution in [3.63, 3.8) is 0 Å². The number of ether oxygens (including phenoxy) is 2. The highest BCUT2D eigenvalue weighted by molar-refractivity contribution is 5.79. The molecule has 1 aliphatic heterocycles. The van der Waals surface area contributed by atoms with Crippen LogP contribution in [0.25, 0.3) is 0 Å². The molecule has 0 radical (unpaired) electrons. The number of nitrogens with zero attached hydrogens (tertiary/aromatic N) is 2.